The Hall–Kier alpha value is -0.680. The minimum absolute atomic E-state index is 0.180. The predicted molar refractivity (Wildman–Crippen MR) is 70.6 cm³/mol. The summed E-state index contributed by atoms with van der Waals surface area (Å²) in [5, 5.41) is 9.25. The summed E-state index contributed by atoms with van der Waals surface area (Å²) in [6.45, 7) is 0.819. The Balaban J connectivity index is 2.27. The second-order valence-electron chi connectivity index (χ2n) is 3.41. The van der Waals surface area contributed by atoms with Crippen LogP contribution in [0.2, 0.25) is 5.02 Å². The highest BCUT2D eigenvalue weighted by atomic mass is 35.5. The van der Waals surface area contributed by atoms with Gasteiger partial charge in [0.1, 0.15) is 5.02 Å². The molecular weight excluding hydrogens is 246 g/mol. The number of halogens is 1. The zero-order valence-electron chi connectivity index (χ0n) is 9.25. The maximum absolute atomic E-state index is 11.1. The lowest BCUT2D eigenvalue weighted by molar-refractivity contribution is 0.749. The number of thioether (sulfide) groups is 1. The number of aromatic nitrogens is 2. The molecule has 0 fully saturated rings. The summed E-state index contributed by atoms with van der Waals surface area (Å²) in [5.41, 5.74) is 0.254. The minimum Gasteiger partial charge on any atom is -0.382 e. The molecule has 90 valence electrons. The number of nitrogens with one attached hydrogen (secondary N) is 2. The molecule has 0 aliphatic rings. The van der Waals surface area contributed by atoms with E-state index in [9.17, 15) is 4.79 Å². The van der Waals surface area contributed by atoms with Gasteiger partial charge in [0.25, 0.3) is 5.56 Å². The molecule has 1 rings (SSSR count). The van der Waals surface area contributed by atoms with Crippen LogP contribution in [-0.2, 0) is 0 Å². The highest BCUT2D eigenvalue weighted by molar-refractivity contribution is 7.98. The maximum atomic E-state index is 11.1. The van der Waals surface area contributed by atoms with Crippen molar-refractivity contribution in [3.63, 3.8) is 0 Å². The molecule has 1 aromatic heterocycles. The average molecular weight is 262 g/mol. The van der Waals surface area contributed by atoms with E-state index in [-0.39, 0.29) is 10.6 Å². The largest absolute Gasteiger partial charge is 0.382 e. The van der Waals surface area contributed by atoms with E-state index in [2.05, 4.69) is 21.8 Å². The van der Waals surface area contributed by atoms with E-state index in [1.807, 2.05) is 11.8 Å². The Kier molecular flexibility index (Phi) is 6.33. The van der Waals surface area contributed by atoms with Crippen molar-refractivity contribution in [2.45, 2.75) is 19.3 Å². The lowest BCUT2D eigenvalue weighted by Gasteiger charge is -2.06. The molecule has 16 heavy (non-hydrogen) atoms. The van der Waals surface area contributed by atoms with Crippen LogP contribution in [0.25, 0.3) is 0 Å². The van der Waals surface area contributed by atoms with E-state index in [1.54, 1.807) is 0 Å². The number of hydrogen-bond acceptors (Lipinski definition) is 4. The van der Waals surface area contributed by atoms with E-state index >= 15 is 0 Å². The van der Waals surface area contributed by atoms with Crippen molar-refractivity contribution in [3.8, 4) is 0 Å². The molecule has 0 spiro atoms. The summed E-state index contributed by atoms with van der Waals surface area (Å²) in [4.78, 5) is 11.1. The van der Waals surface area contributed by atoms with Crippen LogP contribution < -0.4 is 10.9 Å². The Bertz CT molecular complexity index is 369. The normalized spacial score (nSPS) is 10.4. The van der Waals surface area contributed by atoms with Crippen LogP contribution in [-0.4, -0.2) is 28.8 Å². The molecule has 6 heteroatoms. The van der Waals surface area contributed by atoms with Gasteiger partial charge in [-0.15, -0.1) is 0 Å². The smallest absolute Gasteiger partial charge is 0.285 e. The second kappa shape index (κ2) is 7.57. The van der Waals surface area contributed by atoms with Gasteiger partial charge >= 0.3 is 0 Å². The van der Waals surface area contributed by atoms with Crippen molar-refractivity contribution in [2.24, 2.45) is 0 Å². The Morgan fingerprint density at radius 1 is 1.50 bits per heavy atom. The number of nitrogens with zero attached hydrogens (tertiary/aromatic N) is 1. The predicted octanol–water partition coefficient (Wildman–Crippen LogP) is 2.37. The molecule has 0 saturated carbocycles. The third kappa shape index (κ3) is 4.45. The average Bonchev–Trinajstić information content (AvgIpc) is 2.29. The zero-order valence-corrected chi connectivity index (χ0v) is 10.8. The lowest BCUT2D eigenvalue weighted by Crippen LogP contribution is -2.12. The van der Waals surface area contributed by atoms with E-state index in [1.165, 1.54) is 24.8 Å². The zero-order chi connectivity index (χ0) is 11.8. The molecule has 0 unspecified atom stereocenters. The van der Waals surface area contributed by atoms with Crippen LogP contribution in [0.3, 0.4) is 0 Å². The number of hydrogen-bond donors (Lipinski definition) is 2. The Morgan fingerprint density at radius 3 is 3.06 bits per heavy atom. The van der Waals surface area contributed by atoms with Gasteiger partial charge in [-0.1, -0.05) is 18.0 Å². The fourth-order valence-electron chi connectivity index (χ4n) is 1.28. The van der Waals surface area contributed by atoms with E-state index in [4.69, 9.17) is 11.6 Å². The highest BCUT2D eigenvalue weighted by Gasteiger charge is 2.03. The number of rotatable bonds is 7. The monoisotopic (exact) mass is 261 g/mol. The Morgan fingerprint density at radius 2 is 2.31 bits per heavy atom. The summed E-state index contributed by atoms with van der Waals surface area (Å²) in [7, 11) is 0. The fraction of sp³-hybridized carbons (Fsp3) is 0.600. The summed E-state index contributed by atoms with van der Waals surface area (Å²) in [6, 6.07) is 0. The van der Waals surface area contributed by atoms with Gasteiger partial charge in [0.15, 0.2) is 0 Å². The molecule has 2 N–H and O–H groups in total. The Labute approximate surface area is 104 Å². The number of anilines is 1. The fourth-order valence-corrected chi connectivity index (χ4v) is 1.93. The van der Waals surface area contributed by atoms with Crippen molar-refractivity contribution in [1.29, 1.82) is 0 Å². The first-order valence-electron chi connectivity index (χ1n) is 5.21. The van der Waals surface area contributed by atoms with Crippen molar-refractivity contribution < 1.29 is 0 Å². The first-order valence-corrected chi connectivity index (χ1v) is 6.99. The van der Waals surface area contributed by atoms with Crippen LogP contribution >= 0.6 is 23.4 Å². The van der Waals surface area contributed by atoms with Gasteiger partial charge in [-0.2, -0.15) is 16.9 Å². The second-order valence-corrected chi connectivity index (χ2v) is 4.77. The lowest BCUT2D eigenvalue weighted by atomic mass is 10.2. The van der Waals surface area contributed by atoms with Gasteiger partial charge in [-0.25, -0.2) is 5.10 Å². The maximum Gasteiger partial charge on any atom is 0.285 e. The number of aromatic amines is 1. The molecule has 1 heterocycles. The molecule has 1 aromatic rings. The quantitative estimate of drug-likeness (QED) is 0.740. The summed E-state index contributed by atoms with van der Waals surface area (Å²) >= 11 is 7.67. The molecule has 0 aliphatic heterocycles. The highest BCUT2D eigenvalue weighted by Crippen LogP contribution is 2.14. The van der Waals surface area contributed by atoms with Crippen LogP contribution in [0, 0.1) is 0 Å². The van der Waals surface area contributed by atoms with Crippen LogP contribution in [0.5, 0.6) is 0 Å². The topological polar surface area (TPSA) is 57.8 Å². The third-order valence-corrected chi connectivity index (χ3v) is 3.21. The number of unbranched alkanes of at least 4 members (excludes halogenated alkanes) is 2. The van der Waals surface area contributed by atoms with E-state index < -0.39 is 0 Å². The molecule has 0 aromatic carbocycles. The van der Waals surface area contributed by atoms with Gasteiger partial charge in [0.2, 0.25) is 0 Å². The van der Waals surface area contributed by atoms with Crippen LogP contribution in [0.15, 0.2) is 11.0 Å². The van der Waals surface area contributed by atoms with Crippen LogP contribution in [0.1, 0.15) is 19.3 Å². The number of H-pyrrole nitrogens is 1. The minimum atomic E-state index is -0.353. The first-order chi connectivity index (χ1) is 7.75. The van der Waals surface area contributed by atoms with Gasteiger partial charge < -0.3 is 5.32 Å². The van der Waals surface area contributed by atoms with Crippen molar-refractivity contribution in [1.82, 2.24) is 10.2 Å². The molecule has 0 radical (unpaired) electrons. The van der Waals surface area contributed by atoms with Crippen molar-refractivity contribution >= 4 is 29.1 Å². The standard InChI is InChI=1S/C10H16ClN3OS/c1-16-6-4-2-3-5-12-8-7-13-14-10(15)9(8)11/h7H,2-6H2,1H3,(H2,12,14,15). The molecular formula is C10H16ClN3OS. The van der Waals surface area contributed by atoms with E-state index in [0.29, 0.717) is 5.69 Å². The van der Waals surface area contributed by atoms with Gasteiger partial charge in [-0.05, 0) is 24.9 Å². The summed E-state index contributed by atoms with van der Waals surface area (Å²) in [5.74, 6) is 1.20. The molecule has 0 saturated heterocycles. The molecule has 0 amide bonds. The van der Waals surface area contributed by atoms with Crippen LogP contribution in [0.4, 0.5) is 5.69 Å². The molecule has 0 aliphatic carbocycles. The van der Waals surface area contributed by atoms with Crippen molar-refractivity contribution in [2.75, 3.05) is 23.9 Å². The molecule has 4 nitrogen and oxygen atoms in total. The van der Waals surface area contributed by atoms with Gasteiger partial charge in [0, 0.05) is 6.54 Å². The van der Waals surface area contributed by atoms with E-state index in [0.717, 1.165) is 13.0 Å². The third-order valence-electron chi connectivity index (χ3n) is 2.14. The van der Waals surface area contributed by atoms with Gasteiger partial charge in [-0.3, -0.25) is 4.79 Å². The van der Waals surface area contributed by atoms with Crippen molar-refractivity contribution in [3.05, 3.63) is 21.6 Å². The summed E-state index contributed by atoms with van der Waals surface area (Å²) in [6.07, 6.45) is 7.13. The SMILES string of the molecule is CSCCCCCNc1cn[nH]c(=O)c1Cl. The van der Waals surface area contributed by atoms with Gasteiger partial charge in [0.05, 0.1) is 11.9 Å². The summed E-state index contributed by atoms with van der Waals surface area (Å²) < 4.78 is 0. The molecule has 0 atom stereocenters. The first kappa shape index (κ1) is 13.4. The molecule has 0 bridgehead atoms.